The Hall–Kier alpha value is -0.156. The minimum absolute atomic E-state index is 0. The van der Waals surface area contributed by atoms with Crippen LogP contribution in [0.25, 0.3) is 5.32 Å². The molecule has 86 valence electrons. The van der Waals surface area contributed by atoms with Crippen molar-refractivity contribution in [1.82, 2.24) is 0 Å². The molecule has 0 atom stereocenters. The maximum Gasteiger partial charge on any atom is 1.00 e. The van der Waals surface area contributed by atoms with E-state index in [4.69, 9.17) is 0 Å². The van der Waals surface area contributed by atoms with Gasteiger partial charge in [-0.2, -0.15) is 0 Å². The predicted octanol–water partition coefficient (Wildman–Crippen LogP) is 0.460. The summed E-state index contributed by atoms with van der Waals surface area (Å²) in [6, 6.07) is 0.525. The first-order chi connectivity index (χ1) is 6.70. The third kappa shape index (κ3) is 11.9. The molecular weight excluding hydrogens is 207 g/mol. The minimum atomic E-state index is -1.32. The van der Waals surface area contributed by atoms with E-state index in [1.54, 1.807) is 0 Å². The molecule has 0 fully saturated rings. The topological polar surface area (TPSA) is 26.5 Å². The van der Waals surface area contributed by atoms with E-state index in [2.05, 4.69) is 41.4 Å². The monoisotopic (exact) mass is 230 g/mol. The molecule has 0 aliphatic rings. The Morgan fingerprint density at radius 2 is 1.62 bits per heavy atom. The van der Waals surface area contributed by atoms with Gasteiger partial charge in [0, 0.05) is 0 Å². The Bertz CT molecular complexity index is 280. The third-order valence-electron chi connectivity index (χ3n) is 1.31. The molecule has 0 spiro atoms. The summed E-state index contributed by atoms with van der Waals surface area (Å²) in [6.07, 6.45) is 0. The van der Waals surface area contributed by atoms with Gasteiger partial charge in [-0.3, -0.25) is 0 Å². The van der Waals surface area contributed by atoms with E-state index in [0.29, 0.717) is 5.84 Å². The van der Waals surface area contributed by atoms with E-state index < -0.39 is 8.07 Å². The van der Waals surface area contributed by atoms with Gasteiger partial charge in [-0.25, -0.2) is 0 Å². The van der Waals surface area contributed by atoms with Crippen molar-refractivity contribution >= 4 is 13.9 Å². The van der Waals surface area contributed by atoms with Crippen LogP contribution in [0.4, 0.5) is 0 Å². The Labute approximate surface area is 114 Å². The van der Waals surface area contributed by atoms with Crippen LogP contribution in [0.2, 0.25) is 19.6 Å². The Balaban J connectivity index is 0. The van der Waals surface area contributed by atoms with Crippen LogP contribution in [0.15, 0.2) is 4.99 Å². The predicted molar refractivity (Wildman–Crippen MR) is 72.2 cm³/mol. The summed E-state index contributed by atoms with van der Waals surface area (Å²) in [5.74, 6) is 3.83. The van der Waals surface area contributed by atoms with Crippen LogP contribution in [-0.4, -0.2) is 26.0 Å². The van der Waals surface area contributed by atoms with Crippen molar-refractivity contribution in [1.29, 1.82) is 0 Å². The Morgan fingerprint density at radius 1 is 1.12 bits per heavy atom. The zero-order valence-electron chi connectivity index (χ0n) is 12.0. The van der Waals surface area contributed by atoms with Gasteiger partial charge >= 0.3 is 18.9 Å². The smallest absolute Gasteiger partial charge is 0.456 e. The Morgan fingerprint density at radius 3 is 1.94 bits per heavy atom. The van der Waals surface area contributed by atoms with Gasteiger partial charge < -0.3 is 10.3 Å². The fraction of sp³-hybridized carbons (Fsp3) is 0.750. The van der Waals surface area contributed by atoms with Gasteiger partial charge in [-0.15, -0.1) is 5.54 Å². The molecule has 0 unspecified atom stereocenters. The molecule has 0 aliphatic heterocycles. The van der Waals surface area contributed by atoms with E-state index >= 15 is 0 Å². The van der Waals surface area contributed by atoms with Crippen LogP contribution in [0.1, 0.15) is 27.7 Å². The summed E-state index contributed by atoms with van der Waals surface area (Å²) >= 11 is 0. The van der Waals surface area contributed by atoms with Crippen molar-refractivity contribution in [2.45, 2.75) is 59.4 Å². The largest absolute Gasteiger partial charge is 1.00 e. The van der Waals surface area contributed by atoms with Crippen molar-refractivity contribution in [3.05, 3.63) is 5.32 Å². The first-order valence-corrected chi connectivity index (χ1v) is 9.02. The second-order valence-corrected chi connectivity index (χ2v) is 10.0. The zero-order valence-corrected chi connectivity index (χ0v) is 13.0. The summed E-state index contributed by atoms with van der Waals surface area (Å²) in [4.78, 5) is 4.42. The fourth-order valence-electron chi connectivity index (χ4n) is 0.830. The molecule has 0 heterocycles. The molecule has 16 heavy (non-hydrogen) atoms. The second kappa shape index (κ2) is 8.01. The summed E-state index contributed by atoms with van der Waals surface area (Å²) in [5, 5.41) is 4.42. The van der Waals surface area contributed by atoms with Crippen LogP contribution in [0, 0.1) is 11.5 Å². The Kier molecular flexibility index (Phi) is 9.12. The summed E-state index contributed by atoms with van der Waals surface area (Å²) in [6.45, 7) is 14.9. The number of hydrogen-bond acceptors (Lipinski definition) is 1. The third-order valence-corrected chi connectivity index (χ3v) is 2.19. The molecule has 0 aliphatic carbocycles. The molecule has 0 aromatic rings. The van der Waals surface area contributed by atoms with Crippen molar-refractivity contribution in [3.8, 4) is 11.5 Å². The molecule has 0 aromatic heterocycles. The summed E-state index contributed by atoms with van der Waals surface area (Å²) < 4.78 is 0. The first kappa shape index (κ1) is 18.2. The van der Waals surface area contributed by atoms with Gasteiger partial charge in [0.15, 0.2) is 0 Å². The van der Waals surface area contributed by atoms with Crippen LogP contribution in [0.5, 0.6) is 0 Å². The molecule has 0 bridgehead atoms. The standard InChI is InChI=1S/C12H23N2Si.Li/c1-10(2)13-12(14-11(3)4)8-9-15(5,6)7;/h10-11H,1-7H3;/q-1;+1. The van der Waals surface area contributed by atoms with Gasteiger partial charge in [0.25, 0.3) is 0 Å². The van der Waals surface area contributed by atoms with Gasteiger partial charge in [0.1, 0.15) is 8.07 Å². The number of amidine groups is 1. The molecule has 4 heteroatoms. The molecule has 0 saturated carbocycles. The minimum Gasteiger partial charge on any atom is -0.456 e. The maximum atomic E-state index is 4.42. The van der Waals surface area contributed by atoms with Crippen LogP contribution in [0.3, 0.4) is 0 Å². The SMILES string of the molecule is CC(C)N=C(C#C[Si](C)(C)C)[N-]C(C)C.[Li+]. The molecule has 0 saturated heterocycles. The normalized spacial score (nSPS) is 11.9. The first-order valence-electron chi connectivity index (χ1n) is 5.52. The van der Waals surface area contributed by atoms with E-state index in [1.165, 1.54) is 0 Å². The van der Waals surface area contributed by atoms with Gasteiger partial charge in [0.05, 0.1) is 0 Å². The number of hydrogen-bond donors (Lipinski definition) is 0. The average molecular weight is 230 g/mol. The van der Waals surface area contributed by atoms with Crippen LogP contribution in [-0.2, 0) is 0 Å². The number of aliphatic imine (C=N–C) groups is 1. The molecular formula is C12H23LiN2Si. The average Bonchev–Trinajstić information content (AvgIpc) is 1.96. The summed E-state index contributed by atoms with van der Waals surface area (Å²) in [5.41, 5.74) is 3.30. The van der Waals surface area contributed by atoms with E-state index in [-0.39, 0.29) is 30.9 Å². The quantitative estimate of drug-likeness (QED) is 0.285. The second-order valence-electron chi connectivity index (χ2n) is 5.27. The van der Waals surface area contributed by atoms with Gasteiger partial charge in [-0.1, -0.05) is 53.3 Å². The van der Waals surface area contributed by atoms with Gasteiger partial charge in [0.2, 0.25) is 0 Å². The van der Waals surface area contributed by atoms with Crippen molar-refractivity contribution in [2.75, 3.05) is 0 Å². The number of nitrogens with zero attached hydrogens (tertiary/aromatic N) is 2. The number of rotatable bonds is 2. The summed E-state index contributed by atoms with van der Waals surface area (Å²) in [7, 11) is -1.32. The van der Waals surface area contributed by atoms with E-state index in [1.807, 2.05) is 27.7 Å². The molecule has 2 nitrogen and oxygen atoms in total. The molecule has 0 aromatic carbocycles. The van der Waals surface area contributed by atoms with Crippen molar-refractivity contribution in [3.63, 3.8) is 0 Å². The maximum absolute atomic E-state index is 4.42. The van der Waals surface area contributed by atoms with E-state index in [0.717, 1.165) is 0 Å². The van der Waals surface area contributed by atoms with Crippen molar-refractivity contribution in [2.24, 2.45) is 4.99 Å². The molecule has 0 amide bonds. The molecule has 0 radical (unpaired) electrons. The molecule has 0 rings (SSSR count). The van der Waals surface area contributed by atoms with E-state index in [9.17, 15) is 0 Å². The van der Waals surface area contributed by atoms with Crippen LogP contribution < -0.4 is 18.9 Å². The van der Waals surface area contributed by atoms with Crippen LogP contribution >= 0.6 is 0 Å². The zero-order chi connectivity index (χ0) is 12.1. The van der Waals surface area contributed by atoms with Crippen molar-refractivity contribution < 1.29 is 18.9 Å². The molecule has 0 N–H and O–H groups in total. The fourth-order valence-corrected chi connectivity index (χ4v) is 1.32. The van der Waals surface area contributed by atoms with Gasteiger partial charge in [-0.05, 0) is 17.9 Å².